The molecule has 1 aliphatic rings. The number of allylic oxidation sites excluding steroid dienone is 3. The maximum Gasteiger partial charge on any atom is 0.220 e. The number of hydrogen-bond acceptors (Lipinski definition) is 5. The van der Waals surface area contributed by atoms with Gasteiger partial charge in [-0.1, -0.05) is 25.5 Å². The Morgan fingerprint density at radius 3 is 2.70 bits per heavy atom. The Morgan fingerprint density at radius 1 is 1.17 bits per heavy atom. The highest BCUT2D eigenvalue weighted by Crippen LogP contribution is 2.33. The van der Waals surface area contributed by atoms with Crippen LogP contribution >= 0.6 is 0 Å². The maximum atomic E-state index is 11.9. The molecule has 1 amide bonds. The molecule has 3 aromatic rings. The molecular formula is C23H26N6O. The van der Waals surface area contributed by atoms with Gasteiger partial charge in [0.05, 0.1) is 5.56 Å². The maximum absolute atomic E-state index is 11.9. The number of pyridine rings is 2. The van der Waals surface area contributed by atoms with Crippen molar-refractivity contribution in [2.24, 2.45) is 5.92 Å². The van der Waals surface area contributed by atoms with Crippen molar-refractivity contribution >= 4 is 28.6 Å². The number of fused-ring (bicyclic) bond motifs is 1. The summed E-state index contributed by atoms with van der Waals surface area (Å²) < 4.78 is 2.06. The first-order chi connectivity index (χ1) is 14.5. The fourth-order valence-electron chi connectivity index (χ4n) is 3.63. The second kappa shape index (κ2) is 8.49. The van der Waals surface area contributed by atoms with Crippen LogP contribution < -0.4 is 11.1 Å². The van der Waals surface area contributed by atoms with Crippen LogP contribution in [0.25, 0.3) is 28.2 Å². The van der Waals surface area contributed by atoms with Crippen molar-refractivity contribution in [3.05, 3.63) is 54.4 Å². The van der Waals surface area contributed by atoms with Gasteiger partial charge >= 0.3 is 0 Å². The Labute approximate surface area is 175 Å². The zero-order valence-corrected chi connectivity index (χ0v) is 17.3. The van der Waals surface area contributed by atoms with Crippen molar-refractivity contribution in [1.29, 1.82) is 0 Å². The number of amides is 1. The molecule has 0 unspecified atom stereocenters. The molecule has 0 aliphatic heterocycles. The Kier molecular flexibility index (Phi) is 5.61. The molecule has 1 aliphatic carbocycles. The number of rotatable bonds is 6. The third-order valence-corrected chi connectivity index (χ3v) is 5.10. The third kappa shape index (κ3) is 4.10. The van der Waals surface area contributed by atoms with E-state index in [1.807, 2.05) is 38.1 Å². The summed E-state index contributed by atoms with van der Waals surface area (Å²) in [7, 11) is 0. The summed E-state index contributed by atoms with van der Waals surface area (Å²) in [6, 6.07) is 7.61. The lowest BCUT2D eigenvalue weighted by molar-refractivity contribution is -0.121. The van der Waals surface area contributed by atoms with Crippen molar-refractivity contribution in [2.45, 2.75) is 33.1 Å². The molecule has 7 nitrogen and oxygen atoms in total. The first-order valence-corrected chi connectivity index (χ1v) is 10.2. The third-order valence-electron chi connectivity index (χ3n) is 5.10. The van der Waals surface area contributed by atoms with Crippen LogP contribution in [0.5, 0.6) is 0 Å². The smallest absolute Gasteiger partial charge is 0.220 e. The highest BCUT2D eigenvalue weighted by atomic mass is 16.1. The summed E-state index contributed by atoms with van der Waals surface area (Å²) in [6.45, 7) is 4.68. The molecule has 0 saturated heterocycles. The van der Waals surface area contributed by atoms with Crippen LogP contribution in [0.4, 0.5) is 5.82 Å². The summed E-state index contributed by atoms with van der Waals surface area (Å²) in [4.78, 5) is 25.5. The van der Waals surface area contributed by atoms with E-state index in [0.717, 1.165) is 41.1 Å². The molecule has 0 atom stereocenters. The van der Waals surface area contributed by atoms with Crippen LogP contribution in [0, 0.1) is 5.92 Å². The van der Waals surface area contributed by atoms with Crippen LogP contribution in [0.15, 0.2) is 54.4 Å². The molecule has 30 heavy (non-hydrogen) atoms. The van der Waals surface area contributed by atoms with Crippen LogP contribution in [0.2, 0.25) is 0 Å². The van der Waals surface area contributed by atoms with E-state index < -0.39 is 0 Å². The Morgan fingerprint density at radius 2 is 1.97 bits per heavy atom. The van der Waals surface area contributed by atoms with Gasteiger partial charge in [0, 0.05) is 31.1 Å². The van der Waals surface area contributed by atoms with Gasteiger partial charge in [0.2, 0.25) is 5.91 Å². The molecule has 0 spiro atoms. The second-order valence-electron chi connectivity index (χ2n) is 7.91. The molecule has 0 aromatic carbocycles. The number of carbonyl (C=O) groups is 1. The van der Waals surface area contributed by atoms with Crippen LogP contribution in [-0.4, -0.2) is 32.0 Å². The van der Waals surface area contributed by atoms with Gasteiger partial charge in [-0.3, -0.25) is 9.36 Å². The summed E-state index contributed by atoms with van der Waals surface area (Å²) in [5, 5.41) is 3.01. The zero-order chi connectivity index (χ0) is 21.1. The molecule has 4 rings (SSSR count). The number of imidazole rings is 1. The first-order valence-electron chi connectivity index (χ1n) is 10.2. The number of aromatic nitrogens is 4. The minimum atomic E-state index is 0.0971. The largest absolute Gasteiger partial charge is 0.383 e. The topological polar surface area (TPSA) is 98.7 Å². The number of nitrogens with two attached hydrogens (primary N) is 1. The molecule has 0 radical (unpaired) electrons. The van der Waals surface area contributed by atoms with Gasteiger partial charge in [-0.15, -0.1) is 0 Å². The average Bonchev–Trinajstić information content (AvgIpc) is 3.12. The van der Waals surface area contributed by atoms with Crippen LogP contribution in [-0.2, 0) is 4.79 Å². The van der Waals surface area contributed by atoms with Gasteiger partial charge in [0.1, 0.15) is 17.2 Å². The second-order valence-corrected chi connectivity index (χ2v) is 7.91. The summed E-state index contributed by atoms with van der Waals surface area (Å²) in [6.07, 6.45) is 9.84. The van der Waals surface area contributed by atoms with E-state index in [1.165, 1.54) is 5.57 Å². The minimum Gasteiger partial charge on any atom is -0.383 e. The molecule has 7 heteroatoms. The van der Waals surface area contributed by atoms with Gasteiger partial charge in [-0.05, 0) is 49.1 Å². The number of nitrogens with zero attached hydrogens (tertiary/aromatic N) is 4. The summed E-state index contributed by atoms with van der Waals surface area (Å²) in [5.41, 5.74) is 10.8. The highest BCUT2D eigenvalue weighted by molar-refractivity contribution is 5.85. The molecule has 0 saturated carbocycles. The number of hydrogen-bond donors (Lipinski definition) is 2. The Bertz CT molecular complexity index is 1140. The van der Waals surface area contributed by atoms with Crippen LogP contribution in [0.1, 0.15) is 33.1 Å². The van der Waals surface area contributed by atoms with Crippen molar-refractivity contribution in [3.63, 3.8) is 0 Å². The molecule has 154 valence electrons. The van der Waals surface area contributed by atoms with E-state index in [4.69, 9.17) is 10.7 Å². The normalized spacial score (nSPS) is 14.0. The van der Waals surface area contributed by atoms with E-state index in [1.54, 1.807) is 12.4 Å². The van der Waals surface area contributed by atoms with E-state index in [-0.39, 0.29) is 5.91 Å². The van der Waals surface area contributed by atoms with E-state index in [2.05, 4.69) is 32.0 Å². The van der Waals surface area contributed by atoms with E-state index in [0.29, 0.717) is 24.7 Å². The fraction of sp³-hybridized carbons (Fsp3) is 0.304. The molecule has 3 N–H and O–H groups in total. The minimum absolute atomic E-state index is 0.0971. The number of carbonyl (C=O) groups excluding carboxylic acids is 1. The van der Waals surface area contributed by atoms with Gasteiger partial charge < -0.3 is 11.1 Å². The van der Waals surface area contributed by atoms with Crippen LogP contribution in [0.3, 0.4) is 0 Å². The molecular weight excluding hydrogens is 376 g/mol. The number of anilines is 1. The van der Waals surface area contributed by atoms with Gasteiger partial charge in [0.25, 0.3) is 0 Å². The van der Waals surface area contributed by atoms with Crippen molar-refractivity contribution in [3.8, 4) is 11.4 Å². The Balaban J connectivity index is 1.66. The van der Waals surface area contributed by atoms with E-state index >= 15 is 0 Å². The monoisotopic (exact) mass is 402 g/mol. The lowest BCUT2D eigenvalue weighted by Crippen LogP contribution is -2.27. The predicted octanol–water partition coefficient (Wildman–Crippen LogP) is 3.80. The summed E-state index contributed by atoms with van der Waals surface area (Å²) >= 11 is 0. The molecule has 3 heterocycles. The predicted molar refractivity (Wildman–Crippen MR) is 119 cm³/mol. The lowest BCUT2D eigenvalue weighted by atomic mass is 10.0. The molecule has 3 aromatic heterocycles. The quantitative estimate of drug-likeness (QED) is 0.653. The van der Waals surface area contributed by atoms with Crippen molar-refractivity contribution in [2.75, 3.05) is 12.3 Å². The van der Waals surface area contributed by atoms with Gasteiger partial charge in [0.15, 0.2) is 5.65 Å². The summed E-state index contributed by atoms with van der Waals surface area (Å²) in [5.74, 6) is 1.63. The molecule has 0 bridgehead atoms. The fourth-order valence-corrected chi connectivity index (χ4v) is 3.63. The van der Waals surface area contributed by atoms with Crippen molar-refractivity contribution < 1.29 is 4.79 Å². The SMILES string of the molecule is CC(C)CC(=O)NCC1=CC=C(n2c(-c3cccnc3N)nc3cccnc32)CC1. The van der Waals surface area contributed by atoms with Crippen molar-refractivity contribution in [1.82, 2.24) is 24.8 Å². The molecule has 0 fully saturated rings. The Hall–Kier alpha value is -3.48. The standard InChI is InChI=1S/C23H26N6O/c1-15(2)13-20(30)27-14-16-7-9-17(10-8-16)29-22(18-5-3-11-25-21(18)24)28-19-6-4-12-26-23(19)29/h3-7,9,11-12,15H,8,10,13-14H2,1-2H3,(H2,24,25)(H,27,30). The highest BCUT2D eigenvalue weighted by Gasteiger charge is 2.20. The van der Waals surface area contributed by atoms with Gasteiger partial charge in [-0.2, -0.15) is 0 Å². The van der Waals surface area contributed by atoms with E-state index in [9.17, 15) is 4.79 Å². The average molecular weight is 403 g/mol. The lowest BCUT2D eigenvalue weighted by Gasteiger charge is -2.18. The number of nitrogen functional groups attached to an aromatic ring is 1. The zero-order valence-electron chi connectivity index (χ0n) is 17.3. The number of nitrogens with one attached hydrogen (secondary N) is 1. The first kappa shape index (κ1) is 19.8. The van der Waals surface area contributed by atoms with Gasteiger partial charge in [-0.25, -0.2) is 15.0 Å².